The summed E-state index contributed by atoms with van der Waals surface area (Å²) in [5.74, 6) is 7.32. The van der Waals surface area contributed by atoms with E-state index >= 15 is 0 Å². The van der Waals surface area contributed by atoms with Gasteiger partial charge in [0.2, 0.25) is 5.95 Å². The zero-order chi connectivity index (χ0) is 19.6. The largest absolute Gasteiger partial charge is 0.342 e. The van der Waals surface area contributed by atoms with Gasteiger partial charge >= 0.3 is 0 Å². The van der Waals surface area contributed by atoms with Crippen LogP contribution < -0.4 is 4.90 Å². The molecular weight excluding hydrogens is 380 g/mol. The van der Waals surface area contributed by atoms with Gasteiger partial charge in [0.1, 0.15) is 5.69 Å². The van der Waals surface area contributed by atoms with E-state index in [1.165, 1.54) is 12.8 Å². The summed E-state index contributed by atoms with van der Waals surface area (Å²) in [5.41, 5.74) is 5.80. The number of nitrogens with one attached hydrogen (secondary N) is 1. The number of nitrogens with zero attached hydrogens (tertiary/aromatic N) is 3. The molecule has 1 aliphatic heterocycles. The first-order valence-corrected chi connectivity index (χ1v) is 10.1. The van der Waals surface area contributed by atoms with Crippen LogP contribution in [0.5, 0.6) is 0 Å². The Morgan fingerprint density at radius 2 is 1.69 bits per heavy atom. The van der Waals surface area contributed by atoms with Crippen LogP contribution in [0.4, 0.5) is 5.95 Å². The second-order valence-electron chi connectivity index (χ2n) is 7.18. The summed E-state index contributed by atoms with van der Waals surface area (Å²) in [4.78, 5) is 14.9. The van der Waals surface area contributed by atoms with Crippen molar-refractivity contribution in [3.8, 4) is 23.0 Å². The minimum Gasteiger partial charge on any atom is -0.342 e. The minimum absolute atomic E-state index is 0.728. The SMILES string of the molecule is Clc1ccc(-c2ccc(C#Cc3ccc4nc(N5CCCC5)[nH]c4c3)nc2)cc1. The number of hydrogen-bond acceptors (Lipinski definition) is 3. The van der Waals surface area contributed by atoms with Gasteiger partial charge in [-0.3, -0.25) is 0 Å². The number of aromatic nitrogens is 3. The second kappa shape index (κ2) is 7.62. The number of anilines is 1. The van der Waals surface area contributed by atoms with Crippen LogP contribution in [-0.4, -0.2) is 28.0 Å². The quantitative estimate of drug-likeness (QED) is 0.467. The van der Waals surface area contributed by atoms with Crippen LogP contribution in [0.2, 0.25) is 5.02 Å². The highest BCUT2D eigenvalue weighted by molar-refractivity contribution is 6.30. The molecule has 4 nitrogen and oxygen atoms in total. The fraction of sp³-hybridized carbons (Fsp3) is 0.167. The van der Waals surface area contributed by atoms with Crippen molar-refractivity contribution in [3.05, 3.63) is 77.1 Å². The molecule has 0 spiro atoms. The smallest absolute Gasteiger partial charge is 0.203 e. The molecule has 0 amide bonds. The standard InChI is InChI=1S/C24H19ClN4/c25-20-8-5-18(6-9-20)19-7-11-21(26-16-19)10-3-17-4-12-22-23(15-17)28-24(27-22)29-13-1-2-14-29/h4-9,11-12,15-16H,1-2,13-14H2,(H,27,28). The third kappa shape index (κ3) is 3.83. The molecule has 1 aliphatic rings. The van der Waals surface area contributed by atoms with Crippen molar-refractivity contribution >= 4 is 28.6 Å². The van der Waals surface area contributed by atoms with E-state index in [9.17, 15) is 0 Å². The van der Waals surface area contributed by atoms with Gasteiger partial charge in [-0.15, -0.1) is 0 Å². The normalized spacial score (nSPS) is 13.5. The van der Waals surface area contributed by atoms with Gasteiger partial charge in [0.15, 0.2) is 0 Å². The van der Waals surface area contributed by atoms with Crippen LogP contribution in [0.3, 0.4) is 0 Å². The highest BCUT2D eigenvalue weighted by Gasteiger charge is 2.15. The van der Waals surface area contributed by atoms with Crippen LogP contribution in [0.1, 0.15) is 24.1 Å². The molecule has 5 heteroatoms. The lowest BCUT2D eigenvalue weighted by Crippen LogP contribution is -2.18. The van der Waals surface area contributed by atoms with Crippen LogP contribution >= 0.6 is 11.6 Å². The van der Waals surface area contributed by atoms with Gasteiger partial charge < -0.3 is 9.88 Å². The maximum Gasteiger partial charge on any atom is 0.203 e. The minimum atomic E-state index is 0.728. The van der Waals surface area contributed by atoms with Gasteiger partial charge in [-0.1, -0.05) is 35.7 Å². The third-order valence-electron chi connectivity index (χ3n) is 5.15. The van der Waals surface area contributed by atoms with Gasteiger partial charge in [-0.25, -0.2) is 9.97 Å². The van der Waals surface area contributed by atoms with Crippen LogP contribution in [0.15, 0.2) is 60.8 Å². The molecule has 0 bridgehead atoms. The summed E-state index contributed by atoms with van der Waals surface area (Å²) in [6.45, 7) is 2.15. The average molecular weight is 399 g/mol. The fourth-order valence-corrected chi connectivity index (χ4v) is 3.70. The Balaban J connectivity index is 1.36. The zero-order valence-corrected chi connectivity index (χ0v) is 16.6. The molecule has 3 heterocycles. The average Bonchev–Trinajstić information content (AvgIpc) is 3.42. The summed E-state index contributed by atoms with van der Waals surface area (Å²) >= 11 is 5.95. The van der Waals surface area contributed by atoms with Crippen molar-refractivity contribution < 1.29 is 0 Å². The highest BCUT2D eigenvalue weighted by Crippen LogP contribution is 2.22. The van der Waals surface area contributed by atoms with Gasteiger partial charge in [-0.05, 0) is 60.7 Å². The van der Waals surface area contributed by atoms with Gasteiger partial charge in [0.25, 0.3) is 0 Å². The summed E-state index contributed by atoms with van der Waals surface area (Å²) < 4.78 is 0. The summed E-state index contributed by atoms with van der Waals surface area (Å²) in [6.07, 6.45) is 4.31. The van der Waals surface area contributed by atoms with Crippen molar-refractivity contribution in [1.82, 2.24) is 15.0 Å². The summed E-state index contributed by atoms with van der Waals surface area (Å²) in [5, 5.41) is 0.728. The van der Waals surface area contributed by atoms with E-state index in [0.29, 0.717) is 0 Å². The molecule has 0 radical (unpaired) electrons. The Hall–Kier alpha value is -3.29. The molecule has 0 unspecified atom stereocenters. The predicted molar refractivity (Wildman–Crippen MR) is 118 cm³/mol. The first-order chi connectivity index (χ1) is 14.2. The summed E-state index contributed by atoms with van der Waals surface area (Å²) in [7, 11) is 0. The molecule has 2 aromatic carbocycles. The van der Waals surface area contributed by atoms with Gasteiger partial charge in [0, 0.05) is 35.4 Å². The molecule has 1 saturated heterocycles. The molecule has 29 heavy (non-hydrogen) atoms. The van der Waals surface area contributed by atoms with Crippen molar-refractivity contribution in [2.75, 3.05) is 18.0 Å². The second-order valence-corrected chi connectivity index (χ2v) is 7.61. The lowest BCUT2D eigenvalue weighted by atomic mass is 10.1. The van der Waals surface area contributed by atoms with Gasteiger partial charge in [0.05, 0.1) is 11.0 Å². The van der Waals surface area contributed by atoms with Crippen LogP contribution in [-0.2, 0) is 0 Å². The Bertz CT molecular complexity index is 1210. The Kier molecular flexibility index (Phi) is 4.67. The van der Waals surface area contributed by atoms with Crippen molar-refractivity contribution in [2.24, 2.45) is 0 Å². The number of fused-ring (bicyclic) bond motifs is 1. The van der Waals surface area contributed by atoms with E-state index < -0.39 is 0 Å². The third-order valence-corrected chi connectivity index (χ3v) is 5.40. The molecule has 2 aromatic heterocycles. The van der Waals surface area contributed by atoms with Crippen LogP contribution in [0, 0.1) is 11.8 Å². The lowest BCUT2D eigenvalue weighted by molar-refractivity contribution is 0.922. The zero-order valence-electron chi connectivity index (χ0n) is 15.8. The molecule has 142 valence electrons. The number of H-pyrrole nitrogens is 1. The van der Waals surface area contributed by atoms with E-state index in [0.717, 1.165) is 57.5 Å². The molecule has 1 N–H and O–H groups in total. The van der Waals surface area contributed by atoms with Crippen LogP contribution in [0.25, 0.3) is 22.2 Å². The molecule has 0 aliphatic carbocycles. The topological polar surface area (TPSA) is 44.8 Å². The van der Waals surface area contributed by atoms with Crippen molar-refractivity contribution in [1.29, 1.82) is 0 Å². The molecule has 0 saturated carbocycles. The number of pyridine rings is 1. The lowest BCUT2D eigenvalue weighted by Gasteiger charge is -2.12. The van der Waals surface area contributed by atoms with E-state index in [-0.39, 0.29) is 0 Å². The number of aromatic amines is 1. The molecular formula is C24H19ClN4. The van der Waals surface area contributed by atoms with Gasteiger partial charge in [-0.2, -0.15) is 0 Å². The molecule has 0 atom stereocenters. The van der Waals surface area contributed by atoms with E-state index in [1.807, 2.05) is 54.7 Å². The number of imidazole rings is 1. The first kappa shape index (κ1) is 17.8. The number of hydrogen-bond donors (Lipinski definition) is 1. The summed E-state index contributed by atoms with van der Waals surface area (Å²) in [6, 6.07) is 17.8. The number of rotatable bonds is 2. The monoisotopic (exact) mass is 398 g/mol. The van der Waals surface area contributed by atoms with Crippen molar-refractivity contribution in [2.45, 2.75) is 12.8 Å². The number of benzene rings is 2. The fourth-order valence-electron chi connectivity index (χ4n) is 3.57. The molecule has 5 rings (SSSR count). The Morgan fingerprint density at radius 1 is 0.897 bits per heavy atom. The first-order valence-electron chi connectivity index (χ1n) is 9.73. The maximum absolute atomic E-state index is 5.95. The predicted octanol–water partition coefficient (Wildman–Crippen LogP) is 5.28. The Morgan fingerprint density at radius 3 is 2.45 bits per heavy atom. The molecule has 4 aromatic rings. The highest BCUT2D eigenvalue weighted by atomic mass is 35.5. The Labute approximate surface area is 174 Å². The maximum atomic E-state index is 5.95. The van der Waals surface area contributed by atoms with Crippen molar-refractivity contribution in [3.63, 3.8) is 0 Å². The van der Waals surface area contributed by atoms with E-state index in [2.05, 4.69) is 32.8 Å². The van der Waals surface area contributed by atoms with E-state index in [4.69, 9.17) is 16.6 Å². The van der Waals surface area contributed by atoms with E-state index in [1.54, 1.807) is 0 Å². The number of halogens is 1. The molecule has 1 fully saturated rings.